The lowest BCUT2D eigenvalue weighted by atomic mass is 10.1. The zero-order valence-electron chi connectivity index (χ0n) is 10.1. The molecule has 0 aromatic heterocycles. The number of hydrogen-bond donors (Lipinski definition) is 2. The molecule has 2 aromatic carbocycles. The van der Waals surface area contributed by atoms with Crippen molar-refractivity contribution in [2.75, 3.05) is 5.32 Å². The van der Waals surface area contributed by atoms with Crippen molar-refractivity contribution in [2.24, 2.45) is 0 Å². The molecule has 1 amide bonds. The predicted octanol–water partition coefficient (Wildman–Crippen LogP) is 3.70. The van der Waals surface area contributed by atoms with Gasteiger partial charge in [-0.1, -0.05) is 6.07 Å². The van der Waals surface area contributed by atoms with Crippen molar-refractivity contribution in [2.45, 2.75) is 6.92 Å². The second-order valence-corrected chi connectivity index (χ2v) is 5.14. The van der Waals surface area contributed by atoms with Crippen LogP contribution in [0.15, 0.2) is 36.4 Å². The van der Waals surface area contributed by atoms with E-state index in [4.69, 9.17) is 0 Å². The summed E-state index contributed by atoms with van der Waals surface area (Å²) in [4.78, 5) is 12.0. The molecule has 0 bridgehead atoms. The van der Waals surface area contributed by atoms with E-state index in [1.54, 1.807) is 19.1 Å². The van der Waals surface area contributed by atoms with E-state index in [0.717, 1.165) is 0 Å². The van der Waals surface area contributed by atoms with Gasteiger partial charge in [0.25, 0.3) is 5.91 Å². The summed E-state index contributed by atoms with van der Waals surface area (Å²) in [6, 6.07) is 9.06. The Hall–Kier alpha value is -1.63. The molecule has 98 valence electrons. The fraction of sp³-hybridized carbons (Fsp3) is 0.0714. The second-order valence-electron chi connectivity index (χ2n) is 4.06. The predicted molar refractivity (Wildman–Crippen MR) is 79.9 cm³/mol. The molecule has 2 rings (SSSR count). The smallest absolute Gasteiger partial charge is 0.255 e. The van der Waals surface area contributed by atoms with E-state index in [-0.39, 0.29) is 17.5 Å². The summed E-state index contributed by atoms with van der Waals surface area (Å²) in [6.45, 7) is 1.71. The molecule has 0 heterocycles. The van der Waals surface area contributed by atoms with E-state index in [1.807, 2.05) is 22.6 Å². The first-order valence-electron chi connectivity index (χ1n) is 5.54. The van der Waals surface area contributed by atoms with Crippen LogP contribution in [0.2, 0.25) is 0 Å². The van der Waals surface area contributed by atoms with Crippen LogP contribution in [0.25, 0.3) is 0 Å². The Labute approximate surface area is 123 Å². The van der Waals surface area contributed by atoms with Gasteiger partial charge in [0.05, 0.1) is 9.26 Å². The Balaban J connectivity index is 2.26. The Bertz CT molecular complexity index is 643. The van der Waals surface area contributed by atoms with Crippen molar-refractivity contribution in [3.8, 4) is 5.75 Å². The highest BCUT2D eigenvalue weighted by Crippen LogP contribution is 2.22. The SMILES string of the molecule is Cc1cc(C(=O)Nc2cccc(F)c2I)ccc1O. The summed E-state index contributed by atoms with van der Waals surface area (Å²) < 4.78 is 13.7. The molecule has 0 spiro atoms. The molecule has 0 fully saturated rings. The number of halogens is 2. The van der Waals surface area contributed by atoms with E-state index < -0.39 is 0 Å². The monoisotopic (exact) mass is 371 g/mol. The van der Waals surface area contributed by atoms with Crippen molar-refractivity contribution in [1.82, 2.24) is 0 Å². The van der Waals surface area contributed by atoms with Gasteiger partial charge in [0, 0.05) is 5.56 Å². The van der Waals surface area contributed by atoms with Gasteiger partial charge in [0.1, 0.15) is 11.6 Å². The van der Waals surface area contributed by atoms with Crippen LogP contribution in [0.5, 0.6) is 5.75 Å². The molecule has 2 N–H and O–H groups in total. The molecule has 0 aliphatic heterocycles. The Morgan fingerprint density at radius 1 is 1.32 bits per heavy atom. The van der Waals surface area contributed by atoms with Crippen molar-refractivity contribution in [3.05, 3.63) is 56.9 Å². The van der Waals surface area contributed by atoms with Crippen molar-refractivity contribution in [1.29, 1.82) is 0 Å². The van der Waals surface area contributed by atoms with Crippen molar-refractivity contribution in [3.63, 3.8) is 0 Å². The van der Waals surface area contributed by atoms with Crippen molar-refractivity contribution >= 4 is 34.2 Å². The minimum atomic E-state index is -0.375. The van der Waals surface area contributed by atoms with Crippen LogP contribution in [0.1, 0.15) is 15.9 Å². The van der Waals surface area contributed by atoms with Crippen LogP contribution in [-0.4, -0.2) is 11.0 Å². The van der Waals surface area contributed by atoms with Gasteiger partial charge in [0.15, 0.2) is 0 Å². The second kappa shape index (κ2) is 5.56. The highest BCUT2D eigenvalue weighted by Gasteiger charge is 2.11. The number of aromatic hydroxyl groups is 1. The lowest BCUT2D eigenvalue weighted by Crippen LogP contribution is -2.13. The summed E-state index contributed by atoms with van der Waals surface area (Å²) in [5, 5.41) is 12.1. The largest absolute Gasteiger partial charge is 0.508 e. The van der Waals surface area contributed by atoms with Crippen LogP contribution in [0.4, 0.5) is 10.1 Å². The van der Waals surface area contributed by atoms with Gasteiger partial charge in [-0.25, -0.2) is 4.39 Å². The first-order valence-corrected chi connectivity index (χ1v) is 6.62. The fourth-order valence-electron chi connectivity index (χ4n) is 1.59. The van der Waals surface area contributed by atoms with Crippen LogP contribution in [-0.2, 0) is 0 Å². The summed E-state index contributed by atoms with van der Waals surface area (Å²) in [5.41, 5.74) is 1.45. The first kappa shape index (κ1) is 13.8. The molecule has 5 heteroatoms. The first-order chi connectivity index (χ1) is 8.99. The molecule has 0 saturated heterocycles. The number of carbonyl (C=O) groups excluding carboxylic acids is 1. The van der Waals surface area contributed by atoms with Crippen LogP contribution in [0.3, 0.4) is 0 Å². The maximum Gasteiger partial charge on any atom is 0.255 e. The summed E-state index contributed by atoms with van der Waals surface area (Å²) in [6.07, 6.45) is 0. The van der Waals surface area contributed by atoms with E-state index >= 15 is 0 Å². The summed E-state index contributed by atoms with van der Waals surface area (Å²) in [7, 11) is 0. The topological polar surface area (TPSA) is 49.3 Å². The van der Waals surface area contributed by atoms with E-state index in [2.05, 4.69) is 5.32 Å². The third-order valence-corrected chi connectivity index (χ3v) is 3.76. The number of nitrogens with one attached hydrogen (secondary N) is 1. The number of rotatable bonds is 2. The molecule has 0 unspecified atom stereocenters. The van der Waals surface area contributed by atoms with E-state index in [9.17, 15) is 14.3 Å². The molecule has 0 saturated carbocycles. The average molecular weight is 371 g/mol. The molecule has 2 aromatic rings. The number of hydrogen-bond acceptors (Lipinski definition) is 2. The number of amides is 1. The normalized spacial score (nSPS) is 10.3. The van der Waals surface area contributed by atoms with Gasteiger partial charge in [0.2, 0.25) is 0 Å². The molecule has 19 heavy (non-hydrogen) atoms. The summed E-state index contributed by atoms with van der Waals surface area (Å²) >= 11 is 1.84. The number of carbonyl (C=O) groups is 1. The van der Waals surface area contributed by atoms with Gasteiger partial charge in [-0.3, -0.25) is 4.79 Å². The number of aryl methyl sites for hydroxylation is 1. The Morgan fingerprint density at radius 3 is 2.74 bits per heavy atom. The molecule has 3 nitrogen and oxygen atoms in total. The number of benzene rings is 2. The maximum absolute atomic E-state index is 13.4. The third kappa shape index (κ3) is 3.04. The lowest BCUT2D eigenvalue weighted by molar-refractivity contribution is 0.102. The number of anilines is 1. The summed E-state index contributed by atoms with van der Waals surface area (Å²) in [5.74, 6) is -0.580. The van der Waals surface area contributed by atoms with Crippen LogP contribution < -0.4 is 5.32 Å². The Kier molecular flexibility index (Phi) is 4.04. The highest BCUT2D eigenvalue weighted by molar-refractivity contribution is 14.1. The molecular formula is C14H11FINO2. The molecular weight excluding hydrogens is 360 g/mol. The van der Waals surface area contributed by atoms with E-state index in [1.165, 1.54) is 24.3 Å². The standard InChI is InChI=1S/C14H11FINO2/c1-8-7-9(5-6-12(8)18)14(19)17-11-4-2-3-10(15)13(11)16/h2-7,18H,1H3,(H,17,19). The third-order valence-electron chi connectivity index (χ3n) is 2.66. The van der Waals surface area contributed by atoms with Gasteiger partial charge in [-0.15, -0.1) is 0 Å². The molecule has 0 aliphatic rings. The number of phenols is 1. The highest BCUT2D eigenvalue weighted by atomic mass is 127. The zero-order chi connectivity index (χ0) is 14.0. The minimum absolute atomic E-state index is 0.136. The van der Waals surface area contributed by atoms with Crippen LogP contribution >= 0.6 is 22.6 Å². The quantitative estimate of drug-likeness (QED) is 0.792. The van der Waals surface area contributed by atoms with E-state index in [0.29, 0.717) is 20.4 Å². The van der Waals surface area contributed by atoms with Gasteiger partial charge in [-0.05, 0) is 65.4 Å². The Morgan fingerprint density at radius 2 is 2.05 bits per heavy atom. The fourth-order valence-corrected chi connectivity index (χ4v) is 2.09. The van der Waals surface area contributed by atoms with Gasteiger partial charge < -0.3 is 10.4 Å². The average Bonchev–Trinajstić information content (AvgIpc) is 2.38. The van der Waals surface area contributed by atoms with Gasteiger partial charge >= 0.3 is 0 Å². The lowest BCUT2D eigenvalue weighted by Gasteiger charge is -2.08. The minimum Gasteiger partial charge on any atom is -0.508 e. The van der Waals surface area contributed by atoms with Crippen molar-refractivity contribution < 1.29 is 14.3 Å². The van der Waals surface area contributed by atoms with Crippen LogP contribution in [0, 0.1) is 16.3 Å². The van der Waals surface area contributed by atoms with Gasteiger partial charge in [-0.2, -0.15) is 0 Å². The maximum atomic E-state index is 13.4. The molecule has 0 aliphatic carbocycles. The zero-order valence-corrected chi connectivity index (χ0v) is 12.2. The molecule has 0 atom stereocenters. The molecule has 0 radical (unpaired) electrons. The number of phenolic OH excluding ortho intramolecular Hbond substituents is 1.